The first-order valence-electron chi connectivity index (χ1n) is 7.25. The molecule has 0 unspecified atom stereocenters. The fourth-order valence-corrected chi connectivity index (χ4v) is 3.21. The van der Waals surface area contributed by atoms with E-state index in [2.05, 4.69) is 38.1 Å². The van der Waals surface area contributed by atoms with Gasteiger partial charge in [-0.2, -0.15) is 5.10 Å². The molecule has 1 N–H and O–H groups in total. The second-order valence-electron chi connectivity index (χ2n) is 6.87. The summed E-state index contributed by atoms with van der Waals surface area (Å²) in [5.74, 6) is 0.154. The highest BCUT2D eigenvalue weighted by Crippen LogP contribution is 2.68. The highest BCUT2D eigenvalue weighted by atomic mass is 16.2. The predicted molar refractivity (Wildman–Crippen MR) is 83.2 cm³/mol. The quantitative estimate of drug-likeness (QED) is 0.937. The first kappa shape index (κ1) is 13.9. The molecule has 1 aliphatic rings. The molecule has 1 saturated carbocycles. The summed E-state index contributed by atoms with van der Waals surface area (Å²) in [6.07, 6.45) is 3.62. The standard InChI is InChI=1S/C17H21N3O/c1-16(2)14(17(16,3)4)15(21)19-12-7-5-8-13(11-12)20-10-6-9-18-20/h5-11,14H,1-4H3,(H,19,21). The van der Waals surface area contributed by atoms with E-state index in [0.29, 0.717) is 0 Å². The summed E-state index contributed by atoms with van der Waals surface area (Å²) in [7, 11) is 0. The van der Waals surface area contributed by atoms with Crippen LogP contribution in [0, 0.1) is 16.7 Å². The van der Waals surface area contributed by atoms with Gasteiger partial charge in [0.05, 0.1) is 5.69 Å². The van der Waals surface area contributed by atoms with Crippen LogP contribution in [0.15, 0.2) is 42.7 Å². The maximum absolute atomic E-state index is 12.5. The lowest BCUT2D eigenvalue weighted by molar-refractivity contribution is -0.118. The van der Waals surface area contributed by atoms with Crippen LogP contribution < -0.4 is 5.32 Å². The summed E-state index contributed by atoms with van der Waals surface area (Å²) in [6.45, 7) is 8.60. The van der Waals surface area contributed by atoms with Crippen LogP contribution in [0.2, 0.25) is 0 Å². The van der Waals surface area contributed by atoms with Crippen LogP contribution in [0.5, 0.6) is 0 Å². The number of carbonyl (C=O) groups excluding carboxylic acids is 1. The minimum absolute atomic E-state index is 0.0523. The normalized spacial score (nSPS) is 19.2. The number of aromatic nitrogens is 2. The third-order valence-corrected chi connectivity index (χ3v) is 5.17. The lowest BCUT2D eigenvalue weighted by Gasteiger charge is -2.08. The van der Waals surface area contributed by atoms with Crippen molar-refractivity contribution < 1.29 is 4.79 Å². The van der Waals surface area contributed by atoms with E-state index < -0.39 is 0 Å². The first-order chi connectivity index (χ1) is 9.84. The molecule has 21 heavy (non-hydrogen) atoms. The zero-order valence-corrected chi connectivity index (χ0v) is 12.9. The van der Waals surface area contributed by atoms with E-state index >= 15 is 0 Å². The molecular formula is C17H21N3O. The Morgan fingerprint density at radius 3 is 2.48 bits per heavy atom. The number of rotatable bonds is 3. The molecule has 0 saturated heterocycles. The Morgan fingerprint density at radius 1 is 1.19 bits per heavy atom. The number of amides is 1. The maximum atomic E-state index is 12.5. The van der Waals surface area contributed by atoms with Crippen LogP contribution in [0.3, 0.4) is 0 Å². The number of hydrogen-bond acceptors (Lipinski definition) is 2. The van der Waals surface area contributed by atoms with Crippen molar-refractivity contribution in [3.8, 4) is 5.69 Å². The van der Waals surface area contributed by atoms with Crippen LogP contribution in [0.25, 0.3) is 5.69 Å². The molecule has 3 rings (SSSR count). The lowest BCUT2D eigenvalue weighted by Crippen LogP contribution is -2.17. The molecule has 0 bridgehead atoms. The molecule has 4 nitrogen and oxygen atoms in total. The number of carbonyl (C=O) groups is 1. The number of nitrogens with one attached hydrogen (secondary N) is 1. The number of hydrogen-bond donors (Lipinski definition) is 1. The van der Waals surface area contributed by atoms with Crippen molar-refractivity contribution in [1.82, 2.24) is 9.78 Å². The van der Waals surface area contributed by atoms with Crippen LogP contribution in [-0.2, 0) is 4.79 Å². The molecule has 1 heterocycles. The van der Waals surface area contributed by atoms with Crippen LogP contribution >= 0.6 is 0 Å². The van der Waals surface area contributed by atoms with Crippen molar-refractivity contribution in [2.75, 3.05) is 5.32 Å². The third kappa shape index (κ3) is 2.15. The molecule has 110 valence electrons. The second kappa shape index (κ2) is 4.45. The Bertz CT molecular complexity index is 657. The van der Waals surface area contributed by atoms with Crippen molar-refractivity contribution in [3.05, 3.63) is 42.7 Å². The van der Waals surface area contributed by atoms with Gasteiger partial charge < -0.3 is 5.32 Å². The van der Waals surface area contributed by atoms with E-state index in [9.17, 15) is 4.79 Å². The summed E-state index contributed by atoms with van der Waals surface area (Å²) in [5, 5.41) is 7.24. The molecule has 0 radical (unpaired) electrons. The van der Waals surface area contributed by atoms with E-state index in [1.807, 2.05) is 36.5 Å². The van der Waals surface area contributed by atoms with Crippen LogP contribution in [0.1, 0.15) is 27.7 Å². The molecule has 0 aliphatic heterocycles. The fraction of sp³-hybridized carbons (Fsp3) is 0.412. The van der Waals surface area contributed by atoms with Gasteiger partial charge in [0, 0.05) is 24.0 Å². The summed E-state index contributed by atoms with van der Waals surface area (Å²) in [4.78, 5) is 12.5. The van der Waals surface area contributed by atoms with Gasteiger partial charge in [-0.3, -0.25) is 4.79 Å². The molecule has 1 fully saturated rings. The Labute approximate surface area is 125 Å². The van der Waals surface area contributed by atoms with Gasteiger partial charge in [0.2, 0.25) is 5.91 Å². The SMILES string of the molecule is CC1(C)C(C(=O)Nc2cccc(-n3cccn3)c2)C1(C)C. The largest absolute Gasteiger partial charge is 0.326 e. The molecule has 2 aromatic rings. The second-order valence-corrected chi connectivity index (χ2v) is 6.87. The lowest BCUT2D eigenvalue weighted by atomic mass is 10.0. The van der Waals surface area contributed by atoms with Crippen molar-refractivity contribution in [2.24, 2.45) is 16.7 Å². The van der Waals surface area contributed by atoms with Crippen LogP contribution in [-0.4, -0.2) is 15.7 Å². The first-order valence-corrected chi connectivity index (χ1v) is 7.25. The summed E-state index contributed by atoms with van der Waals surface area (Å²) in [5.41, 5.74) is 1.85. The average Bonchev–Trinajstić information content (AvgIpc) is 2.79. The minimum Gasteiger partial charge on any atom is -0.326 e. The predicted octanol–water partition coefficient (Wildman–Crippen LogP) is 3.49. The number of nitrogens with zero attached hydrogens (tertiary/aromatic N) is 2. The summed E-state index contributed by atoms with van der Waals surface area (Å²) < 4.78 is 1.78. The van der Waals surface area contributed by atoms with Crippen molar-refractivity contribution in [2.45, 2.75) is 27.7 Å². The third-order valence-electron chi connectivity index (χ3n) is 5.17. The van der Waals surface area contributed by atoms with E-state index in [4.69, 9.17) is 0 Å². The van der Waals surface area contributed by atoms with Gasteiger partial charge in [-0.05, 0) is 35.1 Å². The zero-order valence-electron chi connectivity index (χ0n) is 12.9. The molecule has 1 aromatic heterocycles. The van der Waals surface area contributed by atoms with Crippen molar-refractivity contribution in [1.29, 1.82) is 0 Å². The van der Waals surface area contributed by atoms with Gasteiger partial charge in [-0.25, -0.2) is 4.68 Å². The van der Waals surface area contributed by atoms with E-state index in [-0.39, 0.29) is 22.7 Å². The molecule has 1 aromatic carbocycles. The van der Waals surface area contributed by atoms with Gasteiger partial charge in [0.1, 0.15) is 0 Å². The molecule has 0 atom stereocenters. The van der Waals surface area contributed by atoms with Crippen molar-refractivity contribution >= 4 is 11.6 Å². The Balaban J connectivity index is 1.78. The molecule has 1 amide bonds. The smallest absolute Gasteiger partial charge is 0.228 e. The Morgan fingerprint density at radius 2 is 1.90 bits per heavy atom. The Hall–Kier alpha value is -2.10. The molecule has 0 spiro atoms. The fourth-order valence-electron chi connectivity index (χ4n) is 3.21. The van der Waals surface area contributed by atoms with Gasteiger partial charge in [-0.1, -0.05) is 33.8 Å². The van der Waals surface area contributed by atoms with E-state index in [1.54, 1.807) is 10.9 Å². The van der Waals surface area contributed by atoms with Gasteiger partial charge in [0.15, 0.2) is 0 Å². The molecular weight excluding hydrogens is 262 g/mol. The molecule has 4 heteroatoms. The average molecular weight is 283 g/mol. The van der Waals surface area contributed by atoms with Gasteiger partial charge in [0.25, 0.3) is 0 Å². The van der Waals surface area contributed by atoms with E-state index in [1.165, 1.54) is 0 Å². The number of benzene rings is 1. The van der Waals surface area contributed by atoms with Crippen LogP contribution in [0.4, 0.5) is 5.69 Å². The monoisotopic (exact) mass is 283 g/mol. The van der Waals surface area contributed by atoms with Gasteiger partial charge >= 0.3 is 0 Å². The number of anilines is 1. The highest BCUT2D eigenvalue weighted by molar-refractivity contribution is 5.96. The zero-order chi connectivity index (χ0) is 15.3. The Kier molecular flexibility index (Phi) is 2.94. The van der Waals surface area contributed by atoms with Gasteiger partial charge in [-0.15, -0.1) is 0 Å². The summed E-state index contributed by atoms with van der Waals surface area (Å²) >= 11 is 0. The maximum Gasteiger partial charge on any atom is 0.228 e. The highest BCUT2D eigenvalue weighted by Gasteiger charge is 2.68. The molecule has 1 aliphatic carbocycles. The van der Waals surface area contributed by atoms with Crippen molar-refractivity contribution in [3.63, 3.8) is 0 Å². The summed E-state index contributed by atoms with van der Waals surface area (Å²) in [6, 6.07) is 9.62. The topological polar surface area (TPSA) is 46.9 Å². The van der Waals surface area contributed by atoms with E-state index in [0.717, 1.165) is 11.4 Å². The minimum atomic E-state index is 0.0523.